The number of halogens is 1. The number of β-amino-alcohol motifs (C(OH)–C–C–N with tert-alkyl or cyclic N) is 1. The van der Waals surface area contributed by atoms with Crippen molar-refractivity contribution in [1.82, 2.24) is 15.5 Å². The van der Waals surface area contributed by atoms with Gasteiger partial charge in [-0.1, -0.05) is 0 Å². The zero-order valence-corrected chi connectivity index (χ0v) is 19.5. The van der Waals surface area contributed by atoms with Gasteiger partial charge in [-0.25, -0.2) is 0 Å². The van der Waals surface area contributed by atoms with Crippen molar-refractivity contribution in [2.75, 3.05) is 79.4 Å². The molecule has 0 saturated carbocycles. The van der Waals surface area contributed by atoms with E-state index < -0.39 is 5.60 Å². The number of aliphatic imine (C=N–C) groups is 1. The van der Waals surface area contributed by atoms with E-state index in [4.69, 9.17) is 14.2 Å². The molecule has 0 aromatic heterocycles. The molecule has 0 aromatic carbocycles. The van der Waals surface area contributed by atoms with Gasteiger partial charge < -0.3 is 30.0 Å². The Bertz CT molecular complexity index is 380. The second-order valence-corrected chi connectivity index (χ2v) is 6.82. The van der Waals surface area contributed by atoms with Crippen molar-refractivity contribution < 1.29 is 19.3 Å². The van der Waals surface area contributed by atoms with Crippen molar-refractivity contribution in [3.8, 4) is 0 Å². The third-order valence-corrected chi connectivity index (χ3v) is 4.03. The molecule has 0 radical (unpaired) electrons. The number of rotatable bonds is 13. The minimum absolute atomic E-state index is 0. The second kappa shape index (κ2) is 16.7. The molecule has 1 atom stereocenters. The second-order valence-electron chi connectivity index (χ2n) is 6.82. The van der Waals surface area contributed by atoms with E-state index in [1.165, 1.54) is 0 Å². The van der Waals surface area contributed by atoms with Gasteiger partial charge in [0.15, 0.2) is 5.96 Å². The van der Waals surface area contributed by atoms with Crippen LogP contribution in [0.25, 0.3) is 0 Å². The summed E-state index contributed by atoms with van der Waals surface area (Å²) in [6, 6.07) is 0. The SMILES string of the molecule is CCNC(=NCC(C)(O)CN1CCOCC1)NCCCCOCCOC.I. The quantitative estimate of drug-likeness (QED) is 0.148. The predicted octanol–water partition coefficient (Wildman–Crippen LogP) is 0.686. The molecule has 1 aliphatic rings. The highest BCUT2D eigenvalue weighted by Gasteiger charge is 2.25. The Labute approximate surface area is 181 Å². The van der Waals surface area contributed by atoms with Crippen LogP contribution in [0.5, 0.6) is 0 Å². The van der Waals surface area contributed by atoms with Gasteiger partial charge >= 0.3 is 0 Å². The third-order valence-electron chi connectivity index (χ3n) is 4.03. The molecule has 1 unspecified atom stereocenters. The summed E-state index contributed by atoms with van der Waals surface area (Å²) in [7, 11) is 1.67. The first kappa shape index (κ1) is 26.8. The van der Waals surface area contributed by atoms with Crippen LogP contribution >= 0.6 is 24.0 Å². The summed E-state index contributed by atoms with van der Waals surface area (Å²) in [4.78, 5) is 6.77. The lowest BCUT2D eigenvalue weighted by atomic mass is 10.1. The first-order valence-corrected chi connectivity index (χ1v) is 9.69. The fraction of sp³-hybridized carbons (Fsp3) is 0.944. The number of hydrogen-bond acceptors (Lipinski definition) is 6. The van der Waals surface area contributed by atoms with Crippen LogP contribution in [0.15, 0.2) is 4.99 Å². The predicted molar refractivity (Wildman–Crippen MR) is 119 cm³/mol. The van der Waals surface area contributed by atoms with Gasteiger partial charge in [-0.3, -0.25) is 9.89 Å². The van der Waals surface area contributed by atoms with Crippen molar-refractivity contribution in [3.05, 3.63) is 0 Å². The highest BCUT2D eigenvalue weighted by atomic mass is 127. The molecular formula is C18H39IN4O4. The van der Waals surface area contributed by atoms with Gasteiger partial charge in [0.1, 0.15) is 0 Å². The number of aliphatic hydroxyl groups is 1. The molecule has 1 rings (SSSR count). The van der Waals surface area contributed by atoms with Crippen LogP contribution in [0.2, 0.25) is 0 Å². The minimum Gasteiger partial charge on any atom is -0.387 e. The van der Waals surface area contributed by atoms with Crippen molar-refractivity contribution in [3.63, 3.8) is 0 Å². The lowest BCUT2D eigenvalue weighted by Gasteiger charge is -2.33. The lowest BCUT2D eigenvalue weighted by molar-refractivity contribution is -0.0179. The van der Waals surface area contributed by atoms with Crippen LogP contribution in [0, 0.1) is 0 Å². The van der Waals surface area contributed by atoms with Gasteiger partial charge in [0.05, 0.1) is 38.6 Å². The molecule has 0 bridgehead atoms. The number of guanidine groups is 1. The standard InChI is InChI=1S/C18H38N4O4.HI/c1-4-19-17(20-7-5-6-10-25-14-13-24-3)21-15-18(2,23)16-22-8-11-26-12-9-22;/h23H,4-16H2,1-3H3,(H2,19,20,21);1H. The molecule has 1 aliphatic heterocycles. The van der Waals surface area contributed by atoms with Crippen LogP contribution < -0.4 is 10.6 Å². The van der Waals surface area contributed by atoms with Crippen molar-refractivity contribution in [2.24, 2.45) is 4.99 Å². The van der Waals surface area contributed by atoms with Crippen LogP contribution in [0.3, 0.4) is 0 Å². The van der Waals surface area contributed by atoms with Crippen LogP contribution in [-0.2, 0) is 14.2 Å². The monoisotopic (exact) mass is 502 g/mol. The van der Waals surface area contributed by atoms with E-state index in [-0.39, 0.29) is 24.0 Å². The number of nitrogens with one attached hydrogen (secondary N) is 2. The van der Waals surface area contributed by atoms with Gasteiger partial charge in [0, 0.05) is 46.4 Å². The van der Waals surface area contributed by atoms with Gasteiger partial charge in [-0.15, -0.1) is 24.0 Å². The zero-order valence-electron chi connectivity index (χ0n) is 17.2. The maximum absolute atomic E-state index is 10.6. The topological polar surface area (TPSA) is 87.6 Å². The minimum atomic E-state index is -0.852. The smallest absolute Gasteiger partial charge is 0.191 e. The summed E-state index contributed by atoms with van der Waals surface area (Å²) in [5, 5.41) is 17.2. The van der Waals surface area contributed by atoms with Crippen molar-refractivity contribution in [1.29, 1.82) is 0 Å². The van der Waals surface area contributed by atoms with E-state index in [1.54, 1.807) is 7.11 Å². The Balaban J connectivity index is 0.00000676. The summed E-state index contributed by atoms with van der Waals surface area (Å²) in [5.41, 5.74) is -0.852. The summed E-state index contributed by atoms with van der Waals surface area (Å²) >= 11 is 0. The van der Waals surface area contributed by atoms with Gasteiger partial charge in [-0.2, -0.15) is 0 Å². The number of morpholine rings is 1. The lowest BCUT2D eigenvalue weighted by Crippen LogP contribution is -2.48. The van der Waals surface area contributed by atoms with Crippen molar-refractivity contribution >= 4 is 29.9 Å². The number of unbranched alkanes of at least 4 members (excludes halogenated alkanes) is 1. The average Bonchev–Trinajstić information content (AvgIpc) is 2.62. The molecule has 1 heterocycles. The Hall–Kier alpha value is -0.200. The number of methoxy groups -OCH3 is 1. The molecule has 1 saturated heterocycles. The Morgan fingerprint density at radius 3 is 2.59 bits per heavy atom. The van der Waals surface area contributed by atoms with E-state index in [1.807, 2.05) is 13.8 Å². The highest BCUT2D eigenvalue weighted by Crippen LogP contribution is 2.09. The summed E-state index contributed by atoms with van der Waals surface area (Å²) in [6.07, 6.45) is 1.99. The van der Waals surface area contributed by atoms with E-state index in [2.05, 4.69) is 20.5 Å². The molecule has 9 heteroatoms. The van der Waals surface area contributed by atoms with E-state index in [0.717, 1.165) is 64.8 Å². The van der Waals surface area contributed by atoms with E-state index in [9.17, 15) is 5.11 Å². The van der Waals surface area contributed by atoms with Gasteiger partial charge in [0.2, 0.25) is 0 Å². The number of nitrogens with zero attached hydrogens (tertiary/aromatic N) is 2. The maximum Gasteiger partial charge on any atom is 0.191 e. The number of ether oxygens (including phenoxy) is 3. The summed E-state index contributed by atoms with van der Waals surface area (Å²) in [6.45, 7) is 11.7. The number of hydrogen-bond donors (Lipinski definition) is 3. The fourth-order valence-corrected chi connectivity index (χ4v) is 2.66. The van der Waals surface area contributed by atoms with Crippen LogP contribution in [-0.4, -0.2) is 101 Å². The third kappa shape index (κ3) is 14.5. The molecule has 3 N–H and O–H groups in total. The molecule has 162 valence electrons. The average molecular weight is 502 g/mol. The van der Waals surface area contributed by atoms with Gasteiger partial charge in [0.25, 0.3) is 0 Å². The van der Waals surface area contributed by atoms with E-state index >= 15 is 0 Å². The Kier molecular flexibility index (Phi) is 16.6. The van der Waals surface area contributed by atoms with Crippen LogP contribution in [0.4, 0.5) is 0 Å². The van der Waals surface area contributed by atoms with Crippen LogP contribution in [0.1, 0.15) is 26.7 Å². The molecule has 0 aromatic rings. The van der Waals surface area contributed by atoms with E-state index in [0.29, 0.717) is 26.3 Å². The molecule has 1 fully saturated rings. The fourth-order valence-electron chi connectivity index (χ4n) is 2.66. The molecule has 8 nitrogen and oxygen atoms in total. The summed E-state index contributed by atoms with van der Waals surface area (Å²) in [5.74, 6) is 0.745. The highest BCUT2D eigenvalue weighted by molar-refractivity contribution is 14.0. The molecule has 0 amide bonds. The molecular weight excluding hydrogens is 463 g/mol. The maximum atomic E-state index is 10.6. The first-order chi connectivity index (χ1) is 12.6. The Morgan fingerprint density at radius 2 is 1.93 bits per heavy atom. The summed E-state index contributed by atoms with van der Waals surface area (Å²) < 4.78 is 15.7. The largest absolute Gasteiger partial charge is 0.387 e. The molecule has 0 aliphatic carbocycles. The normalized spacial score (nSPS) is 17.9. The molecule has 0 spiro atoms. The van der Waals surface area contributed by atoms with Gasteiger partial charge in [-0.05, 0) is 26.7 Å². The van der Waals surface area contributed by atoms with Crippen molar-refractivity contribution in [2.45, 2.75) is 32.3 Å². The Morgan fingerprint density at radius 1 is 1.19 bits per heavy atom. The zero-order chi connectivity index (χ0) is 19.1. The molecule has 27 heavy (non-hydrogen) atoms. The first-order valence-electron chi connectivity index (χ1n) is 9.69.